The van der Waals surface area contributed by atoms with Gasteiger partial charge in [-0.25, -0.2) is 4.98 Å². The minimum absolute atomic E-state index is 0.217. The van der Waals surface area contributed by atoms with E-state index in [1.165, 1.54) is 0 Å². The molecule has 0 aliphatic heterocycles. The average Bonchev–Trinajstić information content (AvgIpc) is 2.36. The van der Waals surface area contributed by atoms with Crippen LogP contribution in [0.15, 0.2) is 29.3 Å². The first-order valence-electron chi connectivity index (χ1n) is 5.30. The molecule has 0 fully saturated rings. The largest absolute Gasteiger partial charge is 0.549 e. The molecular weight excluding hydrogens is 250 g/mol. The van der Waals surface area contributed by atoms with Crippen LogP contribution in [0.4, 0.5) is 0 Å². The quantitative estimate of drug-likeness (QED) is 0.610. The number of aldehydes is 1. The van der Waals surface area contributed by atoms with Crippen molar-refractivity contribution in [3.8, 4) is 0 Å². The molecule has 0 atom stereocenters. The van der Waals surface area contributed by atoms with Crippen molar-refractivity contribution in [2.75, 3.05) is 5.75 Å². The molecule has 0 saturated heterocycles. The third kappa shape index (κ3) is 2.51. The van der Waals surface area contributed by atoms with E-state index in [0.717, 1.165) is 28.2 Å². The molecule has 0 saturated carbocycles. The lowest BCUT2D eigenvalue weighted by atomic mass is 10.1. The first-order chi connectivity index (χ1) is 8.61. The van der Waals surface area contributed by atoms with E-state index in [1.807, 2.05) is 25.1 Å². The summed E-state index contributed by atoms with van der Waals surface area (Å²) in [4.78, 5) is 25.8. The van der Waals surface area contributed by atoms with Gasteiger partial charge in [-0.05, 0) is 18.6 Å². The van der Waals surface area contributed by atoms with Gasteiger partial charge in [-0.15, -0.1) is 0 Å². The molecule has 1 heterocycles. The maximum atomic E-state index is 11.0. The highest BCUT2D eigenvalue weighted by Gasteiger charge is 2.08. The van der Waals surface area contributed by atoms with Crippen molar-refractivity contribution in [1.29, 1.82) is 0 Å². The number of hydrogen-bond acceptors (Lipinski definition) is 5. The predicted molar refractivity (Wildman–Crippen MR) is 67.6 cm³/mol. The molecule has 1 aromatic heterocycles. The molecule has 2 rings (SSSR count). The number of pyridine rings is 1. The Morgan fingerprint density at radius 3 is 2.94 bits per heavy atom. The van der Waals surface area contributed by atoms with Crippen LogP contribution in [0.25, 0.3) is 10.9 Å². The Morgan fingerprint density at radius 1 is 1.50 bits per heavy atom. The van der Waals surface area contributed by atoms with E-state index in [1.54, 1.807) is 6.07 Å². The number of benzene rings is 1. The minimum atomic E-state index is -1.18. The fraction of sp³-hybridized carbons (Fsp3) is 0.154. The number of aryl methyl sites for hydroxylation is 1. The van der Waals surface area contributed by atoms with Gasteiger partial charge in [0.05, 0.1) is 11.5 Å². The lowest BCUT2D eigenvalue weighted by molar-refractivity contribution is -0.301. The van der Waals surface area contributed by atoms with E-state index < -0.39 is 5.97 Å². The zero-order chi connectivity index (χ0) is 13.1. The first kappa shape index (κ1) is 12.6. The maximum absolute atomic E-state index is 11.0. The van der Waals surface area contributed by atoms with Gasteiger partial charge >= 0.3 is 0 Å². The summed E-state index contributed by atoms with van der Waals surface area (Å²) < 4.78 is 0. The highest BCUT2D eigenvalue weighted by molar-refractivity contribution is 7.99. The van der Waals surface area contributed by atoms with Crippen molar-refractivity contribution in [2.24, 2.45) is 0 Å². The topological polar surface area (TPSA) is 70.1 Å². The Kier molecular flexibility index (Phi) is 3.62. The van der Waals surface area contributed by atoms with Crippen LogP contribution in [0.5, 0.6) is 0 Å². The normalized spacial score (nSPS) is 10.5. The molecule has 0 spiro atoms. The number of hydrogen-bond donors (Lipinski definition) is 0. The van der Waals surface area contributed by atoms with Gasteiger partial charge in [-0.3, -0.25) is 4.79 Å². The Labute approximate surface area is 108 Å². The molecule has 18 heavy (non-hydrogen) atoms. The number of aromatic nitrogens is 1. The zero-order valence-electron chi connectivity index (χ0n) is 9.67. The molecule has 92 valence electrons. The number of carboxylic acids is 1. The number of fused-ring (bicyclic) bond motifs is 1. The predicted octanol–water partition coefficient (Wildman–Crippen LogP) is 1.20. The van der Waals surface area contributed by atoms with Crippen molar-refractivity contribution in [3.63, 3.8) is 0 Å². The van der Waals surface area contributed by atoms with Gasteiger partial charge in [0.25, 0.3) is 0 Å². The van der Waals surface area contributed by atoms with Crippen molar-refractivity contribution in [3.05, 3.63) is 35.4 Å². The summed E-state index contributed by atoms with van der Waals surface area (Å²) in [6.07, 6.45) is 0.687. The van der Waals surface area contributed by atoms with Crippen molar-refractivity contribution < 1.29 is 14.7 Å². The molecule has 0 aliphatic rings. The van der Waals surface area contributed by atoms with E-state index in [-0.39, 0.29) is 5.75 Å². The third-order valence-corrected chi connectivity index (χ3v) is 3.47. The highest BCUT2D eigenvalue weighted by atomic mass is 32.2. The summed E-state index contributed by atoms with van der Waals surface area (Å²) >= 11 is 0.999. The highest BCUT2D eigenvalue weighted by Crippen LogP contribution is 2.25. The fourth-order valence-corrected chi connectivity index (χ4v) is 2.36. The fourth-order valence-electron chi connectivity index (χ4n) is 1.67. The molecule has 0 bridgehead atoms. The smallest absolute Gasteiger partial charge is 0.152 e. The number of aliphatic carboxylic acids is 1. The van der Waals surface area contributed by atoms with Crippen LogP contribution in [-0.4, -0.2) is 23.0 Å². The molecular formula is C13H10NO3S-. The summed E-state index contributed by atoms with van der Waals surface area (Å²) in [5.74, 6) is -1.39. The standard InChI is InChI=1S/C13H11NO3S/c1-8-3-2-4-9-5-10(6-15)13(14-12(8)9)18-7-11(16)17/h2-6H,7H2,1H3,(H,16,17)/p-1. The average molecular weight is 260 g/mol. The van der Waals surface area contributed by atoms with Gasteiger partial charge in [0.2, 0.25) is 0 Å². The van der Waals surface area contributed by atoms with E-state index in [0.29, 0.717) is 16.9 Å². The summed E-state index contributed by atoms with van der Waals surface area (Å²) in [6.45, 7) is 1.92. The van der Waals surface area contributed by atoms with E-state index in [9.17, 15) is 14.7 Å². The van der Waals surface area contributed by atoms with Crippen molar-refractivity contribution in [1.82, 2.24) is 4.98 Å². The lowest BCUT2D eigenvalue weighted by Gasteiger charge is -2.08. The summed E-state index contributed by atoms with van der Waals surface area (Å²) in [5.41, 5.74) is 2.17. The molecule has 0 amide bonds. The van der Waals surface area contributed by atoms with Gasteiger partial charge in [-0.1, -0.05) is 30.0 Å². The molecule has 0 radical (unpaired) electrons. The Hall–Kier alpha value is -1.88. The molecule has 4 nitrogen and oxygen atoms in total. The van der Waals surface area contributed by atoms with Gasteiger partial charge < -0.3 is 9.90 Å². The van der Waals surface area contributed by atoms with Crippen molar-refractivity contribution >= 4 is 34.9 Å². The molecule has 5 heteroatoms. The Bertz CT molecular complexity index is 625. The van der Waals surface area contributed by atoms with Crippen LogP contribution >= 0.6 is 11.8 Å². The monoisotopic (exact) mass is 260 g/mol. The number of nitrogens with zero attached hydrogens (tertiary/aromatic N) is 1. The van der Waals surface area contributed by atoms with Crippen LogP contribution in [0.3, 0.4) is 0 Å². The second-order valence-corrected chi connectivity index (χ2v) is 4.77. The molecule has 0 N–H and O–H groups in total. The van der Waals surface area contributed by atoms with Crippen LogP contribution < -0.4 is 5.11 Å². The van der Waals surface area contributed by atoms with E-state index in [4.69, 9.17) is 0 Å². The second kappa shape index (κ2) is 5.18. The Balaban J connectivity index is 2.53. The molecule has 0 unspecified atom stereocenters. The first-order valence-corrected chi connectivity index (χ1v) is 6.28. The third-order valence-electron chi connectivity index (χ3n) is 2.49. The molecule has 0 aliphatic carbocycles. The minimum Gasteiger partial charge on any atom is -0.549 e. The number of carbonyl (C=O) groups is 2. The Morgan fingerprint density at radius 2 is 2.28 bits per heavy atom. The van der Waals surface area contributed by atoms with Gasteiger partial charge in [-0.2, -0.15) is 0 Å². The van der Waals surface area contributed by atoms with Gasteiger partial charge in [0.15, 0.2) is 6.29 Å². The zero-order valence-corrected chi connectivity index (χ0v) is 10.5. The molecule has 1 aromatic carbocycles. The van der Waals surface area contributed by atoms with Crippen LogP contribution in [0.2, 0.25) is 0 Å². The number of carboxylic acid groups (broad SMARTS) is 1. The number of thioether (sulfide) groups is 1. The van der Waals surface area contributed by atoms with Crippen molar-refractivity contribution in [2.45, 2.75) is 11.9 Å². The number of carbonyl (C=O) groups excluding carboxylic acids is 2. The van der Waals surface area contributed by atoms with Crippen LogP contribution in [-0.2, 0) is 4.79 Å². The summed E-state index contributed by atoms with van der Waals surface area (Å²) in [7, 11) is 0. The summed E-state index contributed by atoms with van der Waals surface area (Å²) in [6, 6.07) is 7.40. The second-order valence-electron chi connectivity index (χ2n) is 3.81. The maximum Gasteiger partial charge on any atom is 0.152 e. The van der Waals surface area contributed by atoms with Gasteiger partial charge in [0.1, 0.15) is 5.03 Å². The van der Waals surface area contributed by atoms with Gasteiger partial charge in [0, 0.05) is 16.7 Å². The number of rotatable bonds is 4. The van der Waals surface area contributed by atoms with Crippen LogP contribution in [0.1, 0.15) is 15.9 Å². The SMILES string of the molecule is Cc1cccc2cc(C=O)c(SCC(=O)[O-])nc12. The number of para-hydroxylation sites is 1. The molecule has 2 aromatic rings. The summed E-state index contributed by atoms with van der Waals surface area (Å²) in [5, 5.41) is 11.8. The van der Waals surface area contributed by atoms with E-state index >= 15 is 0 Å². The van der Waals surface area contributed by atoms with E-state index in [2.05, 4.69) is 4.98 Å². The van der Waals surface area contributed by atoms with Crippen LogP contribution in [0, 0.1) is 6.92 Å². The lowest BCUT2D eigenvalue weighted by Crippen LogP contribution is -2.24.